The molecule has 0 spiro atoms. The van der Waals surface area contributed by atoms with Crippen LogP contribution in [0.1, 0.15) is 38.3 Å². The Morgan fingerprint density at radius 3 is 2.11 bits per heavy atom. The third-order valence-corrected chi connectivity index (χ3v) is 4.25. The number of hydrogen-bond acceptors (Lipinski definition) is 3. The maximum Gasteiger partial charge on any atom is 0.262 e. The zero-order chi connectivity index (χ0) is 19.9. The van der Waals surface area contributed by atoms with Crippen LogP contribution in [0.3, 0.4) is 0 Å². The minimum absolute atomic E-state index is 0.0139. The highest BCUT2D eigenvalue weighted by atomic mass is 16.5. The van der Waals surface area contributed by atoms with Gasteiger partial charge in [0.05, 0.1) is 0 Å². The lowest BCUT2D eigenvalue weighted by Crippen LogP contribution is -2.20. The van der Waals surface area contributed by atoms with Gasteiger partial charge in [-0.3, -0.25) is 9.59 Å². The Morgan fingerprint density at radius 1 is 0.926 bits per heavy atom. The third-order valence-electron chi connectivity index (χ3n) is 4.25. The molecule has 0 saturated carbocycles. The molecule has 0 aromatic heterocycles. The summed E-state index contributed by atoms with van der Waals surface area (Å²) >= 11 is 0. The van der Waals surface area contributed by atoms with Crippen LogP contribution in [0.25, 0.3) is 0 Å². The lowest BCUT2D eigenvalue weighted by atomic mass is 9.87. The Kier molecular flexibility index (Phi) is 6.99. The van der Waals surface area contributed by atoms with Gasteiger partial charge in [-0.25, -0.2) is 0 Å². The SMILES string of the molecule is CNC(=O)CCc1ccc(NC(=O)COc2ccc(C(C)(C)C)cc2)cc1. The van der Waals surface area contributed by atoms with Crippen molar-refractivity contribution in [3.05, 3.63) is 59.7 Å². The van der Waals surface area contributed by atoms with Crippen molar-refractivity contribution in [1.29, 1.82) is 0 Å². The predicted molar refractivity (Wildman–Crippen MR) is 108 cm³/mol. The van der Waals surface area contributed by atoms with Crippen LogP contribution >= 0.6 is 0 Å². The lowest BCUT2D eigenvalue weighted by Gasteiger charge is -2.19. The third kappa shape index (κ3) is 6.77. The van der Waals surface area contributed by atoms with Crippen molar-refractivity contribution in [2.75, 3.05) is 19.0 Å². The molecule has 0 heterocycles. The average molecular weight is 368 g/mol. The van der Waals surface area contributed by atoms with E-state index in [2.05, 4.69) is 31.4 Å². The Balaban J connectivity index is 1.80. The van der Waals surface area contributed by atoms with Crippen molar-refractivity contribution in [2.45, 2.75) is 39.0 Å². The monoisotopic (exact) mass is 368 g/mol. The van der Waals surface area contributed by atoms with E-state index in [1.54, 1.807) is 7.05 Å². The Bertz CT molecular complexity index is 760. The summed E-state index contributed by atoms with van der Waals surface area (Å²) in [6.45, 7) is 6.41. The van der Waals surface area contributed by atoms with E-state index in [-0.39, 0.29) is 23.8 Å². The molecule has 0 radical (unpaired) electrons. The van der Waals surface area contributed by atoms with E-state index in [9.17, 15) is 9.59 Å². The summed E-state index contributed by atoms with van der Waals surface area (Å²) in [5.41, 5.74) is 3.06. The minimum Gasteiger partial charge on any atom is -0.484 e. The summed E-state index contributed by atoms with van der Waals surface area (Å²) in [7, 11) is 1.63. The molecule has 0 atom stereocenters. The second-order valence-electron chi connectivity index (χ2n) is 7.48. The summed E-state index contributed by atoms with van der Waals surface area (Å²) in [4.78, 5) is 23.3. The minimum atomic E-state index is -0.215. The van der Waals surface area contributed by atoms with Gasteiger partial charge in [0, 0.05) is 19.2 Å². The van der Waals surface area contributed by atoms with Crippen LogP contribution < -0.4 is 15.4 Å². The number of hydrogen-bond donors (Lipinski definition) is 2. The smallest absolute Gasteiger partial charge is 0.262 e. The Hall–Kier alpha value is -2.82. The summed E-state index contributed by atoms with van der Waals surface area (Å²) in [5.74, 6) is 0.468. The van der Waals surface area contributed by atoms with Gasteiger partial charge in [0.15, 0.2) is 6.61 Å². The number of aryl methyl sites for hydroxylation is 1. The highest BCUT2D eigenvalue weighted by Gasteiger charge is 2.13. The largest absolute Gasteiger partial charge is 0.484 e. The van der Waals surface area contributed by atoms with Crippen LogP contribution in [0.15, 0.2) is 48.5 Å². The molecule has 27 heavy (non-hydrogen) atoms. The molecule has 2 N–H and O–H groups in total. The molecular weight excluding hydrogens is 340 g/mol. The second-order valence-corrected chi connectivity index (χ2v) is 7.48. The van der Waals surface area contributed by atoms with Gasteiger partial charge in [-0.15, -0.1) is 0 Å². The molecule has 0 unspecified atom stereocenters. The van der Waals surface area contributed by atoms with Gasteiger partial charge in [0.2, 0.25) is 5.91 Å². The number of rotatable bonds is 7. The van der Waals surface area contributed by atoms with Gasteiger partial charge >= 0.3 is 0 Å². The first-order valence-corrected chi connectivity index (χ1v) is 9.10. The van der Waals surface area contributed by atoms with Crippen LogP contribution in [-0.2, 0) is 21.4 Å². The number of benzene rings is 2. The molecule has 0 aliphatic carbocycles. The first kappa shape index (κ1) is 20.5. The topological polar surface area (TPSA) is 67.4 Å². The van der Waals surface area contributed by atoms with Crippen molar-refractivity contribution < 1.29 is 14.3 Å². The standard InChI is InChI=1S/C22H28N2O3/c1-22(2,3)17-8-12-19(13-9-17)27-15-21(26)24-18-10-5-16(6-11-18)7-14-20(25)23-4/h5-6,8-13H,7,14-15H2,1-4H3,(H,23,25)(H,24,26). The molecule has 2 aromatic carbocycles. The lowest BCUT2D eigenvalue weighted by molar-refractivity contribution is -0.120. The molecule has 2 aromatic rings. The van der Waals surface area contributed by atoms with Crippen LogP contribution in [0.5, 0.6) is 5.75 Å². The highest BCUT2D eigenvalue weighted by Crippen LogP contribution is 2.24. The van der Waals surface area contributed by atoms with E-state index >= 15 is 0 Å². The molecule has 5 heteroatoms. The van der Waals surface area contributed by atoms with E-state index < -0.39 is 0 Å². The zero-order valence-corrected chi connectivity index (χ0v) is 16.5. The number of amides is 2. The fourth-order valence-electron chi connectivity index (χ4n) is 2.53. The van der Waals surface area contributed by atoms with Crippen molar-refractivity contribution in [3.8, 4) is 5.75 Å². The summed E-state index contributed by atoms with van der Waals surface area (Å²) < 4.78 is 5.55. The van der Waals surface area contributed by atoms with Crippen molar-refractivity contribution in [1.82, 2.24) is 5.32 Å². The van der Waals surface area contributed by atoms with Gasteiger partial charge in [-0.2, -0.15) is 0 Å². The Morgan fingerprint density at radius 2 is 1.56 bits per heavy atom. The van der Waals surface area contributed by atoms with Crippen LogP contribution in [0.4, 0.5) is 5.69 Å². The van der Waals surface area contributed by atoms with E-state index in [0.717, 1.165) is 5.56 Å². The molecule has 0 saturated heterocycles. The fourth-order valence-corrected chi connectivity index (χ4v) is 2.53. The molecule has 144 valence electrons. The van der Waals surface area contributed by atoms with Crippen molar-refractivity contribution in [2.24, 2.45) is 0 Å². The van der Waals surface area contributed by atoms with Crippen molar-refractivity contribution in [3.63, 3.8) is 0 Å². The quantitative estimate of drug-likeness (QED) is 0.783. The molecule has 0 aliphatic rings. The highest BCUT2D eigenvalue weighted by molar-refractivity contribution is 5.91. The number of anilines is 1. The van der Waals surface area contributed by atoms with Gasteiger partial charge in [0.1, 0.15) is 5.75 Å². The molecule has 2 rings (SSSR count). The number of nitrogens with one attached hydrogen (secondary N) is 2. The summed E-state index contributed by atoms with van der Waals surface area (Å²) in [6, 6.07) is 15.3. The molecule has 5 nitrogen and oxygen atoms in total. The van der Waals surface area contributed by atoms with Crippen molar-refractivity contribution >= 4 is 17.5 Å². The number of carbonyl (C=O) groups is 2. The molecule has 2 amide bonds. The number of ether oxygens (including phenoxy) is 1. The average Bonchev–Trinajstić information content (AvgIpc) is 2.65. The predicted octanol–water partition coefficient (Wildman–Crippen LogP) is 3.68. The van der Waals surface area contributed by atoms with Gasteiger partial charge in [-0.1, -0.05) is 45.0 Å². The first-order valence-electron chi connectivity index (χ1n) is 9.10. The van der Waals surface area contributed by atoms with Crippen LogP contribution in [0, 0.1) is 0 Å². The Labute approximate surface area is 161 Å². The molecule has 0 fully saturated rings. The van der Waals surface area contributed by atoms with Gasteiger partial charge in [0.25, 0.3) is 5.91 Å². The van der Waals surface area contributed by atoms with E-state index in [1.165, 1.54) is 5.56 Å². The maximum absolute atomic E-state index is 12.1. The summed E-state index contributed by atoms with van der Waals surface area (Å²) in [5, 5.41) is 5.41. The molecule has 0 bridgehead atoms. The van der Waals surface area contributed by atoms with Gasteiger partial charge in [-0.05, 0) is 47.2 Å². The number of carbonyl (C=O) groups excluding carboxylic acids is 2. The van der Waals surface area contributed by atoms with Crippen LogP contribution in [-0.4, -0.2) is 25.5 Å². The zero-order valence-electron chi connectivity index (χ0n) is 16.5. The second kappa shape index (κ2) is 9.21. The first-order chi connectivity index (χ1) is 12.8. The van der Waals surface area contributed by atoms with E-state index in [4.69, 9.17) is 4.74 Å². The maximum atomic E-state index is 12.1. The normalized spacial score (nSPS) is 11.0. The molecular formula is C22H28N2O3. The molecule has 0 aliphatic heterocycles. The van der Waals surface area contributed by atoms with E-state index in [1.807, 2.05) is 48.5 Å². The van der Waals surface area contributed by atoms with Gasteiger partial charge < -0.3 is 15.4 Å². The fraction of sp³-hybridized carbons (Fsp3) is 0.364. The van der Waals surface area contributed by atoms with Crippen LogP contribution in [0.2, 0.25) is 0 Å². The van der Waals surface area contributed by atoms with E-state index in [0.29, 0.717) is 24.3 Å². The summed E-state index contributed by atoms with van der Waals surface area (Å²) in [6.07, 6.45) is 1.12.